The number of nitrogen functional groups attached to an aromatic ring is 1. The average Bonchev–Trinajstić information content (AvgIpc) is 2.63. The Kier molecular flexibility index (Phi) is 2.77. The summed E-state index contributed by atoms with van der Waals surface area (Å²) < 4.78 is 0. The third kappa shape index (κ3) is 2.41. The first kappa shape index (κ1) is 9.85. The molecule has 0 spiro atoms. The molecule has 0 aromatic carbocycles. The van der Waals surface area contributed by atoms with Crippen molar-refractivity contribution in [1.29, 1.82) is 0 Å². The average molecular weight is 221 g/mol. The predicted molar refractivity (Wildman–Crippen MR) is 60.6 cm³/mol. The zero-order valence-electron chi connectivity index (χ0n) is 8.27. The van der Waals surface area contributed by atoms with Crippen LogP contribution < -0.4 is 11.1 Å². The van der Waals surface area contributed by atoms with E-state index in [-0.39, 0.29) is 0 Å². The van der Waals surface area contributed by atoms with Crippen LogP contribution >= 0.6 is 11.3 Å². The highest BCUT2D eigenvalue weighted by molar-refractivity contribution is 7.09. The number of hydrogen-bond acceptors (Lipinski definition) is 6. The smallest absolute Gasteiger partial charge is 0.152 e. The van der Waals surface area contributed by atoms with Gasteiger partial charge in [-0.3, -0.25) is 0 Å². The van der Waals surface area contributed by atoms with Gasteiger partial charge in [-0.05, 0) is 6.92 Å². The van der Waals surface area contributed by atoms with E-state index >= 15 is 0 Å². The van der Waals surface area contributed by atoms with Crippen molar-refractivity contribution in [3.63, 3.8) is 0 Å². The van der Waals surface area contributed by atoms with Gasteiger partial charge in [0.05, 0.1) is 29.1 Å². The summed E-state index contributed by atoms with van der Waals surface area (Å²) >= 11 is 1.63. The van der Waals surface area contributed by atoms with Gasteiger partial charge in [0.25, 0.3) is 0 Å². The fraction of sp³-hybridized carbons (Fsp3) is 0.222. The first-order valence-corrected chi connectivity index (χ1v) is 5.34. The van der Waals surface area contributed by atoms with E-state index in [1.807, 2.05) is 12.3 Å². The molecule has 2 heterocycles. The Morgan fingerprint density at radius 1 is 1.53 bits per heavy atom. The van der Waals surface area contributed by atoms with Crippen molar-refractivity contribution >= 4 is 22.8 Å². The van der Waals surface area contributed by atoms with Crippen molar-refractivity contribution in [3.05, 3.63) is 28.6 Å². The standard InChI is InChI=1S/C9H11N5S/c1-6-14-7(4-15-6)2-12-9-8(10)3-11-5-13-9/h3-5H,2,10H2,1H3,(H,11,12,13). The highest BCUT2D eigenvalue weighted by Gasteiger charge is 2.01. The van der Waals surface area contributed by atoms with Crippen LogP contribution in [0.2, 0.25) is 0 Å². The molecule has 0 amide bonds. The van der Waals surface area contributed by atoms with Gasteiger partial charge >= 0.3 is 0 Å². The summed E-state index contributed by atoms with van der Waals surface area (Å²) in [4.78, 5) is 12.2. The molecule has 0 saturated carbocycles. The molecule has 2 aromatic rings. The fourth-order valence-electron chi connectivity index (χ4n) is 1.15. The second-order valence-corrected chi connectivity index (χ2v) is 4.10. The molecule has 3 N–H and O–H groups in total. The van der Waals surface area contributed by atoms with Crippen molar-refractivity contribution in [2.24, 2.45) is 0 Å². The minimum atomic E-state index is 0.546. The molecule has 0 radical (unpaired) electrons. The maximum absolute atomic E-state index is 5.68. The fourth-order valence-corrected chi connectivity index (χ4v) is 1.76. The molecule has 0 fully saturated rings. The van der Waals surface area contributed by atoms with E-state index in [2.05, 4.69) is 20.3 Å². The van der Waals surface area contributed by atoms with Gasteiger partial charge < -0.3 is 11.1 Å². The van der Waals surface area contributed by atoms with Gasteiger partial charge in [0.1, 0.15) is 6.33 Å². The highest BCUT2D eigenvalue weighted by Crippen LogP contribution is 2.14. The van der Waals surface area contributed by atoms with E-state index in [9.17, 15) is 0 Å². The maximum Gasteiger partial charge on any atom is 0.152 e. The minimum Gasteiger partial charge on any atom is -0.394 e. The van der Waals surface area contributed by atoms with Crippen LogP contribution in [0.4, 0.5) is 11.5 Å². The Hall–Kier alpha value is -1.69. The van der Waals surface area contributed by atoms with Gasteiger partial charge in [-0.1, -0.05) is 0 Å². The van der Waals surface area contributed by atoms with E-state index in [4.69, 9.17) is 5.73 Å². The Balaban J connectivity index is 2.02. The number of hydrogen-bond donors (Lipinski definition) is 2. The van der Waals surface area contributed by atoms with Gasteiger partial charge in [0.2, 0.25) is 0 Å². The van der Waals surface area contributed by atoms with Gasteiger partial charge in [0.15, 0.2) is 5.82 Å². The molecular formula is C9H11N5S. The molecule has 2 aromatic heterocycles. The van der Waals surface area contributed by atoms with Crippen LogP contribution in [0, 0.1) is 6.92 Å². The molecule has 2 rings (SSSR count). The van der Waals surface area contributed by atoms with Crippen LogP contribution in [0.25, 0.3) is 0 Å². The predicted octanol–water partition coefficient (Wildman–Crippen LogP) is 1.44. The third-order valence-electron chi connectivity index (χ3n) is 1.84. The first-order valence-electron chi connectivity index (χ1n) is 4.46. The number of anilines is 2. The molecule has 5 nitrogen and oxygen atoms in total. The monoisotopic (exact) mass is 221 g/mol. The molecule has 0 atom stereocenters. The van der Waals surface area contributed by atoms with Crippen LogP contribution in [0.15, 0.2) is 17.9 Å². The molecule has 78 valence electrons. The van der Waals surface area contributed by atoms with E-state index in [1.54, 1.807) is 17.5 Å². The largest absolute Gasteiger partial charge is 0.394 e. The number of rotatable bonds is 3. The SMILES string of the molecule is Cc1nc(CNc2ncncc2N)cs1. The number of nitrogens with one attached hydrogen (secondary N) is 1. The number of nitrogens with zero attached hydrogens (tertiary/aromatic N) is 3. The van der Waals surface area contributed by atoms with Crippen LogP contribution in [-0.2, 0) is 6.54 Å². The Labute approximate surface area is 91.4 Å². The Morgan fingerprint density at radius 3 is 3.07 bits per heavy atom. The lowest BCUT2D eigenvalue weighted by Crippen LogP contribution is -2.05. The van der Waals surface area contributed by atoms with Crippen LogP contribution in [-0.4, -0.2) is 15.0 Å². The summed E-state index contributed by atoms with van der Waals surface area (Å²) in [5.41, 5.74) is 7.23. The third-order valence-corrected chi connectivity index (χ3v) is 2.67. The Morgan fingerprint density at radius 2 is 2.40 bits per heavy atom. The van der Waals surface area contributed by atoms with Crippen molar-refractivity contribution in [1.82, 2.24) is 15.0 Å². The zero-order chi connectivity index (χ0) is 10.7. The molecular weight excluding hydrogens is 210 g/mol. The minimum absolute atomic E-state index is 0.546. The number of aryl methyl sites for hydroxylation is 1. The lowest BCUT2D eigenvalue weighted by molar-refractivity contribution is 1.03. The van der Waals surface area contributed by atoms with Crippen molar-refractivity contribution in [2.45, 2.75) is 13.5 Å². The normalized spacial score (nSPS) is 10.2. The van der Waals surface area contributed by atoms with E-state index in [0.717, 1.165) is 10.7 Å². The van der Waals surface area contributed by atoms with Gasteiger partial charge in [-0.25, -0.2) is 15.0 Å². The van der Waals surface area contributed by atoms with Crippen LogP contribution in [0.3, 0.4) is 0 Å². The maximum atomic E-state index is 5.68. The summed E-state index contributed by atoms with van der Waals surface area (Å²) in [6.07, 6.45) is 3.03. The van der Waals surface area contributed by atoms with Crippen LogP contribution in [0.1, 0.15) is 10.7 Å². The zero-order valence-corrected chi connectivity index (χ0v) is 9.08. The lowest BCUT2D eigenvalue weighted by atomic mass is 10.4. The molecule has 6 heteroatoms. The summed E-state index contributed by atoms with van der Waals surface area (Å²) in [5, 5.41) is 6.18. The summed E-state index contributed by atoms with van der Waals surface area (Å²) in [5.74, 6) is 0.649. The highest BCUT2D eigenvalue weighted by atomic mass is 32.1. The van der Waals surface area contributed by atoms with Gasteiger partial charge in [-0.2, -0.15) is 0 Å². The molecule has 0 aliphatic carbocycles. The quantitative estimate of drug-likeness (QED) is 0.820. The summed E-state index contributed by atoms with van der Waals surface area (Å²) in [6.45, 7) is 2.61. The van der Waals surface area contributed by atoms with Crippen LogP contribution in [0.5, 0.6) is 0 Å². The van der Waals surface area contributed by atoms with Gasteiger partial charge in [-0.15, -0.1) is 11.3 Å². The molecule has 0 unspecified atom stereocenters. The van der Waals surface area contributed by atoms with Crippen molar-refractivity contribution in [2.75, 3.05) is 11.1 Å². The van der Waals surface area contributed by atoms with Gasteiger partial charge in [0, 0.05) is 5.38 Å². The molecule has 0 aliphatic rings. The first-order chi connectivity index (χ1) is 7.25. The molecule has 0 saturated heterocycles. The number of nitrogens with two attached hydrogens (primary N) is 1. The van der Waals surface area contributed by atoms with Crippen molar-refractivity contribution in [3.8, 4) is 0 Å². The molecule has 0 aliphatic heterocycles. The number of aromatic nitrogens is 3. The molecule has 0 bridgehead atoms. The Bertz CT molecular complexity index is 453. The van der Waals surface area contributed by atoms with Crippen molar-refractivity contribution < 1.29 is 0 Å². The lowest BCUT2D eigenvalue weighted by Gasteiger charge is -2.04. The second-order valence-electron chi connectivity index (χ2n) is 3.04. The van der Waals surface area contributed by atoms with E-state index in [0.29, 0.717) is 18.1 Å². The number of thiazole rings is 1. The summed E-state index contributed by atoms with van der Waals surface area (Å²) in [7, 11) is 0. The second kappa shape index (κ2) is 4.22. The van der Waals surface area contributed by atoms with E-state index < -0.39 is 0 Å². The topological polar surface area (TPSA) is 76.7 Å². The molecule has 15 heavy (non-hydrogen) atoms. The summed E-state index contributed by atoms with van der Waals surface area (Å²) in [6, 6.07) is 0. The van der Waals surface area contributed by atoms with E-state index in [1.165, 1.54) is 6.33 Å².